The van der Waals surface area contributed by atoms with E-state index in [0.29, 0.717) is 40.3 Å². The van der Waals surface area contributed by atoms with Gasteiger partial charge >= 0.3 is 5.97 Å². The molecule has 0 spiro atoms. The predicted octanol–water partition coefficient (Wildman–Crippen LogP) is 3.47. The van der Waals surface area contributed by atoms with E-state index < -0.39 is 41.1 Å². The molecule has 2 N–H and O–H groups in total. The minimum Gasteiger partial charge on any atom is -0.496 e. The highest BCUT2D eigenvalue weighted by atomic mass is 19.1. The van der Waals surface area contributed by atoms with Crippen molar-refractivity contribution in [3.8, 4) is 28.4 Å². The number of aromatic nitrogens is 2. The number of hydrogen-bond acceptors (Lipinski definition) is 6. The van der Waals surface area contributed by atoms with Crippen molar-refractivity contribution in [3.05, 3.63) is 58.8 Å². The molecule has 2 heterocycles. The quantitative estimate of drug-likeness (QED) is 0.368. The normalized spacial score (nSPS) is 18.2. The molecule has 1 amide bonds. The van der Waals surface area contributed by atoms with E-state index in [4.69, 9.17) is 9.47 Å². The zero-order valence-corrected chi connectivity index (χ0v) is 20.2. The van der Waals surface area contributed by atoms with Crippen LogP contribution in [0.1, 0.15) is 40.9 Å². The molecule has 1 unspecified atom stereocenters. The van der Waals surface area contributed by atoms with Crippen molar-refractivity contribution in [2.24, 2.45) is 11.8 Å². The molecular formula is C26H23F2N3O6. The van der Waals surface area contributed by atoms with Crippen LogP contribution >= 0.6 is 0 Å². The molecule has 2 aromatic carbocycles. The Kier molecular flexibility index (Phi) is 5.93. The number of carboxylic acids is 1. The highest BCUT2D eigenvalue weighted by Crippen LogP contribution is 2.54. The van der Waals surface area contributed by atoms with Gasteiger partial charge in [0.1, 0.15) is 41.4 Å². The summed E-state index contributed by atoms with van der Waals surface area (Å²) in [5.74, 6) is -4.80. The van der Waals surface area contributed by atoms with Crippen molar-refractivity contribution in [1.82, 2.24) is 15.1 Å². The molecule has 37 heavy (non-hydrogen) atoms. The van der Waals surface area contributed by atoms with E-state index in [2.05, 4.69) is 10.4 Å². The maximum absolute atomic E-state index is 14.2. The number of carbonyl (C=O) groups is 3. The SMILES string of the molecule is CNC(=O)C(C)C(=O)c1nn(-c2cc(F)cc(F)c2)c2c1COc1cc(OC)c([C@H]3C[C@@H]3C(=O)O)cc1-2. The van der Waals surface area contributed by atoms with Gasteiger partial charge in [-0.25, -0.2) is 13.5 Å². The third-order valence-electron chi connectivity index (χ3n) is 6.81. The number of nitrogens with one attached hydrogen (secondary N) is 1. The van der Waals surface area contributed by atoms with Gasteiger partial charge in [0.15, 0.2) is 5.78 Å². The Bertz CT molecular complexity index is 1450. The number of hydrogen-bond donors (Lipinski definition) is 2. The fraction of sp³-hybridized carbons (Fsp3) is 0.308. The summed E-state index contributed by atoms with van der Waals surface area (Å²) in [5, 5.41) is 16.3. The number of aliphatic carboxylic acids is 1. The van der Waals surface area contributed by atoms with Gasteiger partial charge in [0.25, 0.3) is 0 Å². The molecule has 1 aliphatic carbocycles. The second kappa shape index (κ2) is 8.99. The average molecular weight is 511 g/mol. The number of rotatable bonds is 7. The lowest BCUT2D eigenvalue weighted by Gasteiger charge is -2.22. The van der Waals surface area contributed by atoms with Crippen LogP contribution in [-0.2, 0) is 16.2 Å². The Morgan fingerprint density at radius 2 is 1.89 bits per heavy atom. The molecule has 2 aliphatic rings. The van der Waals surface area contributed by atoms with Crippen LogP contribution in [0.5, 0.6) is 11.5 Å². The first kappa shape index (κ1) is 24.4. The Hall–Kier alpha value is -4.28. The minimum atomic E-state index is -1.07. The van der Waals surface area contributed by atoms with E-state index in [1.165, 1.54) is 25.8 Å². The summed E-state index contributed by atoms with van der Waals surface area (Å²) >= 11 is 0. The third-order valence-corrected chi connectivity index (χ3v) is 6.81. The first-order valence-corrected chi connectivity index (χ1v) is 11.6. The van der Waals surface area contributed by atoms with E-state index in [1.54, 1.807) is 12.1 Å². The topological polar surface area (TPSA) is 120 Å². The zero-order chi connectivity index (χ0) is 26.6. The highest BCUT2D eigenvalue weighted by molar-refractivity contribution is 6.10. The Labute approximate surface area is 210 Å². The molecule has 3 atom stereocenters. The number of nitrogens with zero attached hydrogens (tertiary/aromatic N) is 2. The van der Waals surface area contributed by atoms with Gasteiger partial charge in [0.2, 0.25) is 5.91 Å². The number of carbonyl (C=O) groups excluding carboxylic acids is 2. The maximum atomic E-state index is 14.2. The standard InChI is InChI=1S/C26H23F2N3O6/c1-11(25(33)29-2)24(32)22-19-10-37-21-9-20(36-3)16(15-7-17(15)26(34)35)8-18(21)23(19)31(30-22)14-5-12(27)4-13(28)6-14/h4-6,8-9,11,15,17H,7,10H2,1-3H3,(H,29,33)(H,34,35)/t11?,15-,17+/m1/s1. The molecule has 0 radical (unpaired) electrons. The minimum absolute atomic E-state index is 0.0282. The third kappa shape index (κ3) is 4.09. The van der Waals surface area contributed by atoms with Gasteiger partial charge in [-0.05, 0) is 37.1 Å². The van der Waals surface area contributed by atoms with Crippen LogP contribution in [0.15, 0.2) is 30.3 Å². The van der Waals surface area contributed by atoms with E-state index in [-0.39, 0.29) is 23.9 Å². The van der Waals surface area contributed by atoms with Crippen LogP contribution in [0.3, 0.4) is 0 Å². The lowest BCUT2D eigenvalue weighted by atomic mass is 9.94. The monoisotopic (exact) mass is 511 g/mol. The average Bonchev–Trinajstić information content (AvgIpc) is 3.59. The maximum Gasteiger partial charge on any atom is 0.307 e. The van der Waals surface area contributed by atoms with Gasteiger partial charge in [-0.2, -0.15) is 5.10 Å². The van der Waals surface area contributed by atoms with Crippen molar-refractivity contribution >= 4 is 17.7 Å². The van der Waals surface area contributed by atoms with Crippen molar-refractivity contribution in [1.29, 1.82) is 0 Å². The Morgan fingerprint density at radius 3 is 2.49 bits per heavy atom. The second-order valence-corrected chi connectivity index (χ2v) is 9.08. The lowest BCUT2D eigenvalue weighted by Crippen LogP contribution is -2.31. The smallest absolute Gasteiger partial charge is 0.307 e. The van der Waals surface area contributed by atoms with Crippen molar-refractivity contribution in [2.75, 3.05) is 14.2 Å². The number of halogens is 2. The molecule has 1 fully saturated rings. The number of benzene rings is 2. The van der Waals surface area contributed by atoms with E-state index in [1.807, 2.05) is 0 Å². The van der Waals surface area contributed by atoms with Gasteiger partial charge in [0.05, 0.1) is 24.4 Å². The van der Waals surface area contributed by atoms with Crippen molar-refractivity contribution in [3.63, 3.8) is 0 Å². The fourth-order valence-corrected chi connectivity index (χ4v) is 4.76. The molecule has 3 aromatic rings. The van der Waals surface area contributed by atoms with Gasteiger partial charge in [-0.3, -0.25) is 14.4 Å². The van der Waals surface area contributed by atoms with Crippen LogP contribution in [-0.4, -0.2) is 46.7 Å². The molecule has 9 nitrogen and oxygen atoms in total. The van der Waals surface area contributed by atoms with Crippen molar-refractivity contribution in [2.45, 2.75) is 25.9 Å². The molecular weight excluding hydrogens is 488 g/mol. The lowest BCUT2D eigenvalue weighted by molar-refractivity contribution is -0.138. The summed E-state index contributed by atoms with van der Waals surface area (Å²) < 4.78 is 41.0. The zero-order valence-electron chi connectivity index (χ0n) is 20.2. The number of methoxy groups -OCH3 is 1. The molecule has 1 aliphatic heterocycles. The Morgan fingerprint density at radius 1 is 1.19 bits per heavy atom. The summed E-state index contributed by atoms with van der Waals surface area (Å²) in [7, 11) is 2.88. The summed E-state index contributed by atoms with van der Waals surface area (Å²) in [6.07, 6.45) is 0.430. The molecule has 5 rings (SSSR count). The molecule has 192 valence electrons. The number of ketones is 1. The summed E-state index contributed by atoms with van der Waals surface area (Å²) in [6, 6.07) is 6.22. The number of fused-ring (bicyclic) bond motifs is 3. The molecule has 0 bridgehead atoms. The van der Waals surface area contributed by atoms with Crippen molar-refractivity contribution < 1.29 is 37.7 Å². The number of amides is 1. The summed E-state index contributed by atoms with van der Waals surface area (Å²) in [4.78, 5) is 37.0. The molecule has 1 aromatic heterocycles. The number of Topliss-reactive ketones (excluding diaryl/α,β-unsaturated/α-hetero) is 1. The molecule has 1 saturated carbocycles. The van der Waals surface area contributed by atoms with Crippen LogP contribution in [0, 0.1) is 23.5 Å². The van der Waals surface area contributed by atoms with Crippen LogP contribution in [0.4, 0.5) is 8.78 Å². The molecule has 11 heteroatoms. The highest BCUT2D eigenvalue weighted by Gasteiger charge is 2.46. The van der Waals surface area contributed by atoms with Gasteiger partial charge in [0, 0.05) is 36.2 Å². The van der Waals surface area contributed by atoms with Gasteiger partial charge < -0.3 is 19.9 Å². The van der Waals surface area contributed by atoms with E-state index in [9.17, 15) is 28.3 Å². The van der Waals surface area contributed by atoms with Crippen LogP contribution in [0.2, 0.25) is 0 Å². The summed E-state index contributed by atoms with van der Waals surface area (Å²) in [5.41, 5.74) is 1.76. The first-order chi connectivity index (χ1) is 17.6. The van der Waals surface area contributed by atoms with Crippen LogP contribution < -0.4 is 14.8 Å². The number of ether oxygens (including phenoxy) is 2. The van der Waals surface area contributed by atoms with E-state index in [0.717, 1.165) is 18.2 Å². The number of carboxylic acid groups (broad SMARTS) is 1. The predicted molar refractivity (Wildman–Crippen MR) is 126 cm³/mol. The fourth-order valence-electron chi connectivity index (χ4n) is 4.76. The van der Waals surface area contributed by atoms with Crippen LogP contribution in [0.25, 0.3) is 16.9 Å². The van der Waals surface area contributed by atoms with Gasteiger partial charge in [-0.1, -0.05) is 0 Å². The first-order valence-electron chi connectivity index (χ1n) is 11.6. The largest absolute Gasteiger partial charge is 0.496 e. The second-order valence-electron chi connectivity index (χ2n) is 9.08. The summed E-state index contributed by atoms with van der Waals surface area (Å²) in [6.45, 7) is 1.35. The van der Waals surface area contributed by atoms with Gasteiger partial charge in [-0.15, -0.1) is 0 Å². The Balaban J connectivity index is 1.74. The molecule has 0 saturated heterocycles. The van der Waals surface area contributed by atoms with E-state index >= 15 is 0 Å².